The van der Waals surface area contributed by atoms with Crippen molar-refractivity contribution in [1.82, 2.24) is 14.9 Å². The van der Waals surface area contributed by atoms with Crippen LogP contribution in [-0.2, 0) is 26.3 Å². The van der Waals surface area contributed by atoms with E-state index in [4.69, 9.17) is 4.74 Å². The van der Waals surface area contributed by atoms with Gasteiger partial charge < -0.3 is 14.7 Å². The van der Waals surface area contributed by atoms with Crippen molar-refractivity contribution in [3.05, 3.63) is 108 Å². The number of carbonyl (C=O) groups excluding carboxylic acids is 2. The molecule has 3 aromatic carbocycles. The minimum atomic E-state index is -1.35. The normalized spacial score (nSPS) is 17.8. The van der Waals surface area contributed by atoms with E-state index in [1.807, 2.05) is 91.3 Å². The maximum atomic E-state index is 14.5. The number of aromatic nitrogens is 2. The monoisotopic (exact) mass is 449 g/mol. The first-order valence-corrected chi connectivity index (χ1v) is 11.2. The van der Waals surface area contributed by atoms with Crippen LogP contribution in [0, 0.1) is 0 Å². The van der Waals surface area contributed by atoms with Crippen molar-refractivity contribution in [2.75, 3.05) is 7.11 Å². The van der Waals surface area contributed by atoms with Gasteiger partial charge in [0, 0.05) is 52.4 Å². The molecule has 5 aromatic rings. The van der Waals surface area contributed by atoms with Crippen LogP contribution < -0.4 is 0 Å². The fourth-order valence-corrected chi connectivity index (χ4v) is 5.40. The molecule has 1 fully saturated rings. The Labute approximate surface area is 196 Å². The lowest BCUT2D eigenvalue weighted by Crippen LogP contribution is -2.45. The van der Waals surface area contributed by atoms with Crippen LogP contribution in [-0.4, -0.2) is 39.9 Å². The molecular weight excluding hydrogens is 426 g/mol. The number of aromatic amines is 2. The van der Waals surface area contributed by atoms with Crippen molar-refractivity contribution in [3.8, 4) is 0 Å². The number of hydrogen-bond donors (Lipinski definition) is 2. The molecular formula is C28H23N3O3. The fourth-order valence-electron chi connectivity index (χ4n) is 5.40. The number of benzene rings is 3. The Morgan fingerprint density at radius 1 is 0.794 bits per heavy atom. The lowest BCUT2D eigenvalue weighted by Gasteiger charge is -2.31. The number of imide groups is 1. The summed E-state index contributed by atoms with van der Waals surface area (Å²) in [6, 6.07) is 25.2. The number of rotatable bonds is 5. The van der Waals surface area contributed by atoms with Gasteiger partial charge in [0.1, 0.15) is 5.41 Å². The van der Waals surface area contributed by atoms with Crippen molar-refractivity contribution < 1.29 is 14.3 Å². The van der Waals surface area contributed by atoms with Gasteiger partial charge in [0.2, 0.25) is 5.91 Å². The number of carbonyl (C=O) groups is 2. The van der Waals surface area contributed by atoms with Crippen LogP contribution >= 0.6 is 0 Å². The molecule has 0 radical (unpaired) electrons. The molecule has 0 bridgehead atoms. The van der Waals surface area contributed by atoms with Gasteiger partial charge in [-0.05, 0) is 17.7 Å². The summed E-state index contributed by atoms with van der Waals surface area (Å²) in [6.07, 6.45) is 2.67. The highest BCUT2D eigenvalue weighted by atomic mass is 16.5. The zero-order valence-electron chi connectivity index (χ0n) is 18.6. The zero-order valence-corrected chi connectivity index (χ0v) is 18.6. The highest BCUT2D eigenvalue weighted by molar-refractivity contribution is 6.17. The molecule has 6 rings (SSSR count). The van der Waals surface area contributed by atoms with Crippen molar-refractivity contribution in [1.29, 1.82) is 0 Å². The first kappa shape index (κ1) is 20.4. The highest BCUT2D eigenvalue weighted by Gasteiger charge is 2.63. The van der Waals surface area contributed by atoms with E-state index < -0.39 is 11.5 Å². The van der Waals surface area contributed by atoms with Crippen LogP contribution in [0.2, 0.25) is 0 Å². The topological polar surface area (TPSA) is 78.2 Å². The second-order valence-corrected chi connectivity index (χ2v) is 8.63. The van der Waals surface area contributed by atoms with Crippen LogP contribution in [0.4, 0.5) is 0 Å². The summed E-state index contributed by atoms with van der Waals surface area (Å²) in [7, 11) is 1.50. The summed E-state index contributed by atoms with van der Waals surface area (Å²) in [5, 5.41) is 1.77. The van der Waals surface area contributed by atoms with Gasteiger partial charge in [0.25, 0.3) is 5.91 Å². The molecule has 1 aliphatic heterocycles. The Bertz CT molecular complexity index is 1460. The van der Waals surface area contributed by atoms with Crippen molar-refractivity contribution in [3.63, 3.8) is 0 Å². The Morgan fingerprint density at radius 3 is 1.88 bits per heavy atom. The van der Waals surface area contributed by atoms with Gasteiger partial charge in [-0.3, -0.25) is 14.5 Å². The molecule has 1 atom stereocenters. The Morgan fingerprint density at radius 2 is 1.32 bits per heavy atom. The standard InChI is InChI=1S/C28H23N3O3/c1-34-25-26(32)31(17-18-9-3-2-4-10-18)27(33)28(25,21-15-29-23-13-7-5-11-19(21)23)22-16-30-24-14-8-6-12-20(22)24/h2-16,25,29-30H,17H2,1H3. The van der Waals surface area contributed by atoms with E-state index in [0.29, 0.717) is 0 Å². The van der Waals surface area contributed by atoms with Gasteiger partial charge in [-0.15, -0.1) is 0 Å². The van der Waals surface area contributed by atoms with E-state index in [9.17, 15) is 9.59 Å². The van der Waals surface area contributed by atoms with E-state index in [2.05, 4.69) is 9.97 Å². The number of para-hydroxylation sites is 2. The van der Waals surface area contributed by atoms with E-state index in [1.54, 1.807) is 0 Å². The van der Waals surface area contributed by atoms with E-state index in [0.717, 1.165) is 38.5 Å². The Kier molecular flexibility index (Phi) is 4.64. The number of H-pyrrole nitrogens is 2. The van der Waals surface area contributed by atoms with Crippen LogP contribution in [0.1, 0.15) is 16.7 Å². The van der Waals surface area contributed by atoms with Crippen molar-refractivity contribution in [2.24, 2.45) is 0 Å². The molecule has 1 saturated heterocycles. The molecule has 1 unspecified atom stereocenters. The highest BCUT2D eigenvalue weighted by Crippen LogP contribution is 2.49. The summed E-state index contributed by atoms with van der Waals surface area (Å²) >= 11 is 0. The molecule has 0 spiro atoms. The fraction of sp³-hybridized carbons (Fsp3) is 0.143. The number of methoxy groups -OCH3 is 1. The maximum Gasteiger partial charge on any atom is 0.260 e. The zero-order chi connectivity index (χ0) is 23.3. The molecule has 168 valence electrons. The molecule has 0 aliphatic carbocycles. The number of nitrogens with zero attached hydrogens (tertiary/aromatic N) is 1. The van der Waals surface area contributed by atoms with E-state index in [1.165, 1.54) is 12.0 Å². The number of hydrogen-bond acceptors (Lipinski definition) is 3. The maximum absolute atomic E-state index is 14.5. The van der Waals surface area contributed by atoms with Crippen LogP contribution in [0.3, 0.4) is 0 Å². The van der Waals surface area contributed by atoms with Gasteiger partial charge in [-0.2, -0.15) is 0 Å². The molecule has 34 heavy (non-hydrogen) atoms. The van der Waals surface area contributed by atoms with Crippen molar-refractivity contribution >= 4 is 33.6 Å². The lowest BCUT2D eigenvalue weighted by molar-refractivity contribution is -0.142. The van der Waals surface area contributed by atoms with E-state index in [-0.39, 0.29) is 18.4 Å². The predicted octanol–water partition coefficient (Wildman–Crippen LogP) is 4.52. The summed E-state index contributed by atoms with van der Waals surface area (Å²) < 4.78 is 5.88. The molecule has 2 aromatic heterocycles. The minimum Gasteiger partial charge on any atom is -0.370 e. The van der Waals surface area contributed by atoms with Crippen molar-refractivity contribution in [2.45, 2.75) is 18.1 Å². The molecule has 2 N–H and O–H groups in total. The number of ether oxygens (including phenoxy) is 1. The molecule has 2 amide bonds. The number of nitrogens with one attached hydrogen (secondary N) is 2. The summed E-state index contributed by atoms with van der Waals surface area (Å²) in [5.41, 5.74) is 2.79. The minimum absolute atomic E-state index is 0.185. The smallest absolute Gasteiger partial charge is 0.260 e. The molecule has 0 saturated carbocycles. The van der Waals surface area contributed by atoms with Gasteiger partial charge in [-0.25, -0.2) is 0 Å². The molecule has 1 aliphatic rings. The molecule has 6 heteroatoms. The summed E-state index contributed by atoms with van der Waals surface area (Å²) in [5.74, 6) is -0.630. The molecule has 3 heterocycles. The molecule has 6 nitrogen and oxygen atoms in total. The second kappa shape index (κ2) is 7.71. The third-order valence-corrected chi connectivity index (χ3v) is 6.91. The predicted molar refractivity (Wildman–Crippen MR) is 130 cm³/mol. The van der Waals surface area contributed by atoms with Gasteiger partial charge in [-0.1, -0.05) is 66.7 Å². The Hall–Kier alpha value is -4.16. The quantitative estimate of drug-likeness (QED) is 0.387. The van der Waals surface area contributed by atoms with Crippen LogP contribution in [0.25, 0.3) is 21.8 Å². The number of amides is 2. The van der Waals surface area contributed by atoms with Gasteiger partial charge in [0.15, 0.2) is 6.10 Å². The average Bonchev–Trinajstić information content (AvgIpc) is 3.55. The number of fused-ring (bicyclic) bond motifs is 2. The van der Waals surface area contributed by atoms with Crippen LogP contribution in [0.5, 0.6) is 0 Å². The Balaban J connectivity index is 1.65. The van der Waals surface area contributed by atoms with Gasteiger partial charge >= 0.3 is 0 Å². The summed E-state index contributed by atoms with van der Waals surface area (Å²) in [4.78, 5) is 36.2. The SMILES string of the molecule is COC1C(=O)N(Cc2ccccc2)C(=O)C1(c1c[nH]c2ccccc12)c1c[nH]c2ccccc12. The number of likely N-dealkylation sites (tertiary alicyclic amines) is 1. The summed E-state index contributed by atoms with van der Waals surface area (Å²) in [6.45, 7) is 0.185. The van der Waals surface area contributed by atoms with Crippen LogP contribution in [0.15, 0.2) is 91.3 Å². The lowest BCUT2D eigenvalue weighted by atomic mass is 9.71. The first-order chi connectivity index (χ1) is 16.7. The third kappa shape index (κ3) is 2.72. The third-order valence-electron chi connectivity index (χ3n) is 6.91. The van der Waals surface area contributed by atoms with E-state index >= 15 is 0 Å². The first-order valence-electron chi connectivity index (χ1n) is 11.2. The average molecular weight is 450 g/mol. The second-order valence-electron chi connectivity index (χ2n) is 8.63. The van der Waals surface area contributed by atoms with Gasteiger partial charge in [0.05, 0.1) is 6.54 Å². The largest absolute Gasteiger partial charge is 0.370 e.